The van der Waals surface area contributed by atoms with Crippen molar-refractivity contribution in [1.29, 1.82) is 0 Å². The lowest BCUT2D eigenvalue weighted by atomic mass is 10.1. The lowest BCUT2D eigenvalue weighted by Crippen LogP contribution is -2.14. The Bertz CT molecular complexity index is 1040. The number of hydrogen-bond donors (Lipinski definition) is 1. The molecule has 0 unspecified atom stereocenters. The van der Waals surface area contributed by atoms with Gasteiger partial charge in [0.05, 0.1) is 11.4 Å². The van der Waals surface area contributed by atoms with Gasteiger partial charge in [-0.25, -0.2) is 15.0 Å². The van der Waals surface area contributed by atoms with Crippen molar-refractivity contribution in [2.45, 2.75) is 25.8 Å². The van der Waals surface area contributed by atoms with Gasteiger partial charge in [0.1, 0.15) is 21.5 Å². The van der Waals surface area contributed by atoms with Crippen LogP contribution in [0.4, 0.5) is 5.82 Å². The number of nitrogens with one attached hydrogen (secondary N) is 1. The van der Waals surface area contributed by atoms with Gasteiger partial charge in [0.2, 0.25) is 0 Å². The molecule has 4 aromatic rings. The van der Waals surface area contributed by atoms with Crippen LogP contribution in [0.25, 0.3) is 20.7 Å². The van der Waals surface area contributed by atoms with E-state index in [-0.39, 0.29) is 6.04 Å². The van der Waals surface area contributed by atoms with Gasteiger partial charge in [-0.1, -0.05) is 30.3 Å². The molecular weight excluding hydrogens is 360 g/mol. The predicted octanol–water partition coefficient (Wildman–Crippen LogP) is 5.69. The summed E-state index contributed by atoms with van der Waals surface area (Å²) in [6.07, 6.45) is 4.39. The number of thiazole rings is 1. The maximum Gasteiger partial charge on any atom is 0.139 e. The van der Waals surface area contributed by atoms with E-state index in [0.29, 0.717) is 5.92 Å². The molecule has 0 saturated heterocycles. The number of hydrogen-bond acceptors (Lipinski definition) is 6. The van der Waals surface area contributed by atoms with Crippen molar-refractivity contribution in [2.24, 2.45) is 5.92 Å². The third-order valence-electron chi connectivity index (χ3n) is 4.67. The summed E-state index contributed by atoms with van der Waals surface area (Å²) in [5.41, 5.74) is 1.22. The van der Waals surface area contributed by atoms with E-state index in [1.165, 1.54) is 23.3 Å². The summed E-state index contributed by atoms with van der Waals surface area (Å²) in [5.74, 6) is 2.38. The molecule has 1 N–H and O–H groups in total. The maximum absolute atomic E-state index is 4.73. The van der Waals surface area contributed by atoms with E-state index in [2.05, 4.69) is 45.6 Å². The third kappa shape index (κ3) is 2.99. The van der Waals surface area contributed by atoms with Crippen LogP contribution in [-0.2, 0) is 0 Å². The van der Waals surface area contributed by atoms with Crippen molar-refractivity contribution in [1.82, 2.24) is 15.0 Å². The number of nitrogens with zero attached hydrogens (tertiary/aromatic N) is 3. The zero-order valence-corrected chi connectivity index (χ0v) is 16.0. The highest BCUT2D eigenvalue weighted by molar-refractivity contribution is 7.21. The van der Waals surface area contributed by atoms with E-state index in [0.717, 1.165) is 26.9 Å². The molecule has 1 atom stereocenters. The summed E-state index contributed by atoms with van der Waals surface area (Å²) in [5, 5.41) is 7.99. The van der Waals surface area contributed by atoms with Gasteiger partial charge in [-0.2, -0.15) is 0 Å². The third-order valence-corrected chi connectivity index (χ3v) is 6.60. The fraction of sp³-hybridized carbons (Fsp3) is 0.250. The van der Waals surface area contributed by atoms with E-state index in [9.17, 15) is 0 Å². The van der Waals surface area contributed by atoms with Crippen molar-refractivity contribution in [3.8, 4) is 10.4 Å². The van der Waals surface area contributed by atoms with Crippen LogP contribution in [0, 0.1) is 12.8 Å². The number of aromatic nitrogens is 3. The first-order valence-electron chi connectivity index (χ1n) is 8.77. The van der Waals surface area contributed by atoms with Crippen LogP contribution in [0.15, 0.2) is 48.0 Å². The Hall–Kier alpha value is -2.31. The summed E-state index contributed by atoms with van der Waals surface area (Å²) >= 11 is 3.44. The molecule has 0 amide bonds. The van der Waals surface area contributed by atoms with E-state index in [4.69, 9.17) is 4.98 Å². The van der Waals surface area contributed by atoms with Crippen LogP contribution in [0.2, 0.25) is 0 Å². The molecule has 26 heavy (non-hydrogen) atoms. The second-order valence-corrected chi connectivity index (χ2v) is 8.60. The normalized spacial score (nSPS) is 15.3. The van der Waals surface area contributed by atoms with Gasteiger partial charge in [0, 0.05) is 16.5 Å². The first-order valence-corrected chi connectivity index (χ1v) is 10.5. The largest absolute Gasteiger partial charge is 0.360 e. The molecule has 3 aromatic heterocycles. The van der Waals surface area contributed by atoms with Crippen molar-refractivity contribution < 1.29 is 0 Å². The van der Waals surface area contributed by atoms with Crippen molar-refractivity contribution in [3.63, 3.8) is 0 Å². The Morgan fingerprint density at radius 1 is 1.15 bits per heavy atom. The quantitative estimate of drug-likeness (QED) is 0.485. The number of thiophene rings is 1. The lowest BCUT2D eigenvalue weighted by molar-refractivity contribution is 0.671. The van der Waals surface area contributed by atoms with Gasteiger partial charge in [0.25, 0.3) is 0 Å². The van der Waals surface area contributed by atoms with Crippen LogP contribution < -0.4 is 5.32 Å². The van der Waals surface area contributed by atoms with Gasteiger partial charge < -0.3 is 5.32 Å². The standard InChI is InChI=1S/C20H18N4S2/c1-12-22-18(24-17(14-7-8-14)20-21-9-10-25-20)15-11-16(26-19(15)23-12)13-5-3-2-4-6-13/h2-6,9-11,14,17H,7-8H2,1H3,(H,22,23,24)/t17-/m0/s1. The summed E-state index contributed by atoms with van der Waals surface area (Å²) in [4.78, 5) is 16.2. The highest BCUT2D eigenvalue weighted by Gasteiger charge is 2.34. The average molecular weight is 379 g/mol. The summed E-state index contributed by atoms with van der Waals surface area (Å²) in [6.45, 7) is 1.96. The average Bonchev–Trinajstić information content (AvgIpc) is 3.17. The van der Waals surface area contributed by atoms with E-state index >= 15 is 0 Å². The van der Waals surface area contributed by atoms with Gasteiger partial charge in [-0.05, 0) is 37.3 Å². The molecule has 1 aliphatic carbocycles. The Kier molecular flexibility index (Phi) is 3.94. The molecule has 1 fully saturated rings. The Balaban J connectivity index is 1.57. The number of anilines is 1. The van der Waals surface area contributed by atoms with Gasteiger partial charge in [0.15, 0.2) is 0 Å². The van der Waals surface area contributed by atoms with Crippen molar-refractivity contribution >= 4 is 38.7 Å². The number of benzene rings is 1. The van der Waals surface area contributed by atoms with E-state index in [1.54, 1.807) is 22.7 Å². The maximum atomic E-state index is 4.73. The summed E-state index contributed by atoms with van der Waals surface area (Å²) < 4.78 is 0. The second-order valence-electron chi connectivity index (χ2n) is 6.64. The minimum Gasteiger partial charge on any atom is -0.360 e. The SMILES string of the molecule is Cc1nc(N[C@H](c2nccs2)C2CC2)c2cc(-c3ccccc3)sc2n1. The number of fused-ring (bicyclic) bond motifs is 1. The van der Waals surface area contributed by atoms with Crippen LogP contribution in [0.3, 0.4) is 0 Å². The molecule has 0 aliphatic heterocycles. The van der Waals surface area contributed by atoms with Crippen molar-refractivity contribution in [3.05, 3.63) is 58.8 Å². The van der Waals surface area contributed by atoms with Crippen LogP contribution in [0.1, 0.15) is 29.7 Å². The van der Waals surface area contributed by atoms with Gasteiger partial charge in [-0.3, -0.25) is 0 Å². The zero-order chi connectivity index (χ0) is 17.5. The molecule has 0 bridgehead atoms. The molecule has 6 heteroatoms. The second kappa shape index (κ2) is 6.45. The van der Waals surface area contributed by atoms with E-state index < -0.39 is 0 Å². The van der Waals surface area contributed by atoms with Crippen LogP contribution in [0.5, 0.6) is 0 Å². The summed E-state index contributed by atoms with van der Waals surface area (Å²) in [7, 11) is 0. The minimum atomic E-state index is 0.243. The van der Waals surface area contributed by atoms with Crippen LogP contribution >= 0.6 is 22.7 Å². The molecule has 0 radical (unpaired) electrons. The fourth-order valence-corrected chi connectivity index (χ4v) is 5.09. The number of aryl methyl sites for hydroxylation is 1. The molecule has 3 heterocycles. The van der Waals surface area contributed by atoms with Gasteiger partial charge in [-0.15, -0.1) is 22.7 Å². The highest BCUT2D eigenvalue weighted by Crippen LogP contribution is 2.44. The molecule has 130 valence electrons. The lowest BCUT2D eigenvalue weighted by Gasteiger charge is -2.17. The Morgan fingerprint density at radius 3 is 2.73 bits per heavy atom. The molecule has 0 spiro atoms. The molecular formula is C20H18N4S2. The highest BCUT2D eigenvalue weighted by atomic mass is 32.1. The van der Waals surface area contributed by atoms with Gasteiger partial charge >= 0.3 is 0 Å². The fourth-order valence-electron chi connectivity index (χ4n) is 3.23. The first-order chi connectivity index (χ1) is 12.8. The summed E-state index contributed by atoms with van der Waals surface area (Å²) in [6, 6.07) is 12.9. The van der Waals surface area contributed by atoms with Crippen molar-refractivity contribution in [2.75, 3.05) is 5.32 Å². The Labute approximate surface area is 160 Å². The molecule has 1 saturated carbocycles. The molecule has 4 nitrogen and oxygen atoms in total. The monoisotopic (exact) mass is 378 g/mol. The zero-order valence-electron chi connectivity index (χ0n) is 14.3. The topological polar surface area (TPSA) is 50.7 Å². The Morgan fingerprint density at radius 2 is 2.00 bits per heavy atom. The molecule has 1 aliphatic rings. The minimum absolute atomic E-state index is 0.243. The number of rotatable bonds is 5. The predicted molar refractivity (Wildman–Crippen MR) is 109 cm³/mol. The molecule has 5 rings (SSSR count). The van der Waals surface area contributed by atoms with E-state index in [1.807, 2.05) is 24.6 Å². The molecule has 1 aromatic carbocycles. The first kappa shape index (κ1) is 15.9. The van der Waals surface area contributed by atoms with Crippen LogP contribution in [-0.4, -0.2) is 15.0 Å². The smallest absolute Gasteiger partial charge is 0.139 e.